The highest BCUT2D eigenvalue weighted by Gasteiger charge is 2.16. The molecular formula is C24H25N5O3. The summed E-state index contributed by atoms with van der Waals surface area (Å²) in [6.45, 7) is 4.93. The predicted octanol–water partition coefficient (Wildman–Crippen LogP) is 2.94. The van der Waals surface area contributed by atoms with Crippen molar-refractivity contribution in [1.82, 2.24) is 9.97 Å². The molecule has 1 aliphatic rings. The number of nitriles is 1. The van der Waals surface area contributed by atoms with Gasteiger partial charge in [0.2, 0.25) is 0 Å². The van der Waals surface area contributed by atoms with E-state index in [1.165, 1.54) is 0 Å². The first-order valence-electron chi connectivity index (χ1n) is 10.4. The fraction of sp³-hybridized carbons (Fsp3) is 0.292. The summed E-state index contributed by atoms with van der Waals surface area (Å²) in [5, 5.41) is 19.3. The van der Waals surface area contributed by atoms with E-state index in [1.807, 2.05) is 25.1 Å². The number of anilines is 1. The molecule has 3 N–H and O–H groups in total. The standard InChI is InChI=1S/C24H25N5O3/c1-16-10-19(12-24(28-16)29-6-8-31-9-7-29)32-23-11-17(13-25)2-4-20(23)21-5-3-18(15-27-21)22(30)14-26/h2-5,10-12,15,22,30H,6-9,14,26H2,1H3. The third-order valence-corrected chi connectivity index (χ3v) is 5.26. The van der Waals surface area contributed by atoms with Crippen molar-refractivity contribution in [2.45, 2.75) is 13.0 Å². The van der Waals surface area contributed by atoms with E-state index in [9.17, 15) is 10.4 Å². The third-order valence-electron chi connectivity index (χ3n) is 5.26. The van der Waals surface area contributed by atoms with Gasteiger partial charge >= 0.3 is 0 Å². The first kappa shape index (κ1) is 21.7. The molecule has 0 radical (unpaired) electrons. The molecule has 0 aliphatic carbocycles. The van der Waals surface area contributed by atoms with Gasteiger partial charge in [0.15, 0.2) is 0 Å². The van der Waals surface area contributed by atoms with Gasteiger partial charge in [0.25, 0.3) is 0 Å². The van der Waals surface area contributed by atoms with Gasteiger partial charge in [-0.1, -0.05) is 6.07 Å². The molecule has 0 saturated carbocycles. The van der Waals surface area contributed by atoms with Crippen LogP contribution in [0.3, 0.4) is 0 Å². The lowest BCUT2D eigenvalue weighted by molar-refractivity contribution is 0.122. The molecule has 1 aromatic carbocycles. The smallest absolute Gasteiger partial charge is 0.138 e. The molecule has 1 fully saturated rings. The van der Waals surface area contributed by atoms with Crippen LogP contribution in [0.15, 0.2) is 48.7 Å². The molecule has 8 nitrogen and oxygen atoms in total. The van der Waals surface area contributed by atoms with Gasteiger partial charge in [-0.2, -0.15) is 5.26 Å². The second kappa shape index (κ2) is 9.75. The van der Waals surface area contributed by atoms with Crippen LogP contribution in [-0.2, 0) is 4.74 Å². The first-order chi connectivity index (χ1) is 15.6. The first-order valence-corrected chi connectivity index (χ1v) is 10.4. The fourth-order valence-electron chi connectivity index (χ4n) is 3.55. The van der Waals surface area contributed by atoms with Gasteiger partial charge in [-0.05, 0) is 31.2 Å². The number of rotatable bonds is 6. The molecule has 1 aliphatic heterocycles. The molecular weight excluding hydrogens is 406 g/mol. The Morgan fingerprint density at radius 1 is 1.22 bits per heavy atom. The number of hydrogen-bond donors (Lipinski definition) is 2. The molecule has 8 heteroatoms. The van der Waals surface area contributed by atoms with Crippen molar-refractivity contribution in [3.8, 4) is 28.8 Å². The zero-order valence-electron chi connectivity index (χ0n) is 17.9. The average molecular weight is 431 g/mol. The lowest BCUT2D eigenvalue weighted by atomic mass is 10.1. The lowest BCUT2D eigenvalue weighted by Gasteiger charge is -2.28. The molecule has 4 rings (SSSR count). The predicted molar refractivity (Wildman–Crippen MR) is 120 cm³/mol. The zero-order chi connectivity index (χ0) is 22.5. The Morgan fingerprint density at radius 2 is 2.03 bits per heavy atom. The Labute approximate surface area is 186 Å². The molecule has 1 unspecified atom stereocenters. The van der Waals surface area contributed by atoms with E-state index < -0.39 is 6.10 Å². The maximum Gasteiger partial charge on any atom is 0.138 e. The topological polar surface area (TPSA) is 118 Å². The minimum atomic E-state index is -0.758. The molecule has 3 aromatic rings. The van der Waals surface area contributed by atoms with E-state index in [1.54, 1.807) is 30.5 Å². The highest BCUT2D eigenvalue weighted by atomic mass is 16.5. The van der Waals surface area contributed by atoms with Gasteiger partial charge in [-0.25, -0.2) is 4.98 Å². The molecule has 1 saturated heterocycles. The van der Waals surface area contributed by atoms with E-state index in [0.29, 0.717) is 41.5 Å². The molecule has 32 heavy (non-hydrogen) atoms. The lowest BCUT2D eigenvalue weighted by Crippen LogP contribution is -2.36. The maximum absolute atomic E-state index is 9.92. The molecule has 0 amide bonds. The quantitative estimate of drug-likeness (QED) is 0.612. The van der Waals surface area contributed by atoms with Crippen LogP contribution in [0.5, 0.6) is 11.5 Å². The normalized spacial score (nSPS) is 14.6. The molecule has 0 bridgehead atoms. The number of ether oxygens (including phenoxy) is 2. The summed E-state index contributed by atoms with van der Waals surface area (Å²) in [5.41, 5.74) is 8.89. The monoisotopic (exact) mass is 431 g/mol. The summed E-state index contributed by atoms with van der Waals surface area (Å²) in [6, 6.07) is 14.7. The number of pyridine rings is 2. The zero-order valence-corrected chi connectivity index (χ0v) is 17.9. The number of aliphatic hydroxyl groups is 1. The van der Waals surface area contributed by atoms with Gasteiger partial charge in [0, 0.05) is 54.8 Å². The van der Waals surface area contributed by atoms with Crippen LogP contribution in [0.4, 0.5) is 5.82 Å². The average Bonchev–Trinajstić information content (AvgIpc) is 2.84. The molecule has 164 valence electrons. The SMILES string of the molecule is Cc1cc(Oc2cc(C#N)ccc2-c2ccc(C(O)CN)cn2)cc(N2CCOCC2)n1. The molecule has 0 spiro atoms. The van der Waals surface area contributed by atoms with Crippen molar-refractivity contribution < 1.29 is 14.6 Å². The van der Waals surface area contributed by atoms with Crippen molar-refractivity contribution in [1.29, 1.82) is 5.26 Å². The van der Waals surface area contributed by atoms with E-state index >= 15 is 0 Å². The van der Waals surface area contributed by atoms with Gasteiger partial charge < -0.3 is 25.2 Å². The Kier molecular flexibility index (Phi) is 6.61. The number of nitrogens with two attached hydrogens (primary N) is 1. The number of aromatic nitrogens is 2. The maximum atomic E-state index is 9.92. The molecule has 3 heterocycles. The van der Waals surface area contributed by atoms with Crippen molar-refractivity contribution in [2.75, 3.05) is 37.7 Å². The van der Waals surface area contributed by atoms with Crippen LogP contribution < -0.4 is 15.4 Å². The van der Waals surface area contributed by atoms with Gasteiger partial charge in [0.05, 0.1) is 36.6 Å². The summed E-state index contributed by atoms with van der Waals surface area (Å²) >= 11 is 0. The highest BCUT2D eigenvalue weighted by molar-refractivity contribution is 5.69. The van der Waals surface area contributed by atoms with Crippen LogP contribution in [0.2, 0.25) is 0 Å². The van der Waals surface area contributed by atoms with E-state index in [2.05, 4.69) is 20.9 Å². The molecule has 2 aromatic heterocycles. The van der Waals surface area contributed by atoms with Crippen LogP contribution in [0, 0.1) is 18.3 Å². The number of hydrogen-bond acceptors (Lipinski definition) is 8. The second-order valence-electron chi connectivity index (χ2n) is 7.55. The minimum absolute atomic E-state index is 0.124. The van der Waals surface area contributed by atoms with E-state index in [-0.39, 0.29) is 6.54 Å². The molecule has 1 atom stereocenters. The Morgan fingerprint density at radius 3 is 2.72 bits per heavy atom. The van der Waals surface area contributed by atoms with Crippen LogP contribution in [0.25, 0.3) is 11.3 Å². The summed E-state index contributed by atoms with van der Waals surface area (Å²) in [4.78, 5) is 11.3. The summed E-state index contributed by atoms with van der Waals surface area (Å²) in [6.07, 6.45) is 0.841. The van der Waals surface area contributed by atoms with Gasteiger partial charge in [-0.3, -0.25) is 4.98 Å². The van der Waals surface area contributed by atoms with Crippen LogP contribution in [-0.4, -0.2) is 47.9 Å². The minimum Gasteiger partial charge on any atom is -0.456 e. The van der Waals surface area contributed by atoms with E-state index in [0.717, 1.165) is 30.2 Å². The number of nitrogens with zero attached hydrogens (tertiary/aromatic N) is 4. The summed E-state index contributed by atoms with van der Waals surface area (Å²) < 4.78 is 11.7. The Hall–Kier alpha value is -3.51. The largest absolute Gasteiger partial charge is 0.456 e. The van der Waals surface area contributed by atoms with Crippen molar-refractivity contribution >= 4 is 5.82 Å². The van der Waals surface area contributed by atoms with Crippen molar-refractivity contribution in [3.05, 3.63) is 65.5 Å². The van der Waals surface area contributed by atoms with E-state index in [4.69, 9.17) is 15.2 Å². The van der Waals surface area contributed by atoms with Crippen molar-refractivity contribution in [2.24, 2.45) is 5.73 Å². The summed E-state index contributed by atoms with van der Waals surface area (Å²) in [5.74, 6) is 1.98. The Balaban J connectivity index is 1.68. The van der Waals surface area contributed by atoms with Gasteiger partial charge in [0.1, 0.15) is 17.3 Å². The fourth-order valence-corrected chi connectivity index (χ4v) is 3.55. The third kappa shape index (κ3) is 4.86. The van der Waals surface area contributed by atoms with Crippen LogP contribution in [0.1, 0.15) is 22.9 Å². The number of morpholine rings is 1. The van der Waals surface area contributed by atoms with Crippen LogP contribution >= 0.6 is 0 Å². The summed E-state index contributed by atoms with van der Waals surface area (Å²) in [7, 11) is 0. The highest BCUT2D eigenvalue weighted by Crippen LogP contribution is 2.35. The second-order valence-corrected chi connectivity index (χ2v) is 7.55. The number of benzene rings is 1. The Bertz CT molecular complexity index is 1120. The van der Waals surface area contributed by atoms with Gasteiger partial charge in [-0.15, -0.1) is 0 Å². The van der Waals surface area contributed by atoms with Crippen molar-refractivity contribution in [3.63, 3.8) is 0 Å². The number of aliphatic hydroxyl groups excluding tert-OH is 1. The number of aryl methyl sites for hydroxylation is 1.